The van der Waals surface area contributed by atoms with E-state index in [1.165, 1.54) is 12.1 Å². The van der Waals surface area contributed by atoms with Crippen LogP contribution in [0.25, 0.3) is 0 Å². The van der Waals surface area contributed by atoms with Crippen LogP contribution in [0.5, 0.6) is 0 Å². The molecule has 0 heterocycles. The summed E-state index contributed by atoms with van der Waals surface area (Å²) in [6, 6.07) is 4.66. The maximum atomic E-state index is 12.8. The van der Waals surface area contributed by atoms with Crippen molar-refractivity contribution >= 4 is 24.8 Å². The van der Waals surface area contributed by atoms with Gasteiger partial charge >= 0.3 is 7.12 Å². The van der Waals surface area contributed by atoms with Gasteiger partial charge in [-0.15, -0.1) is 0 Å². The minimum atomic E-state index is -1.73. The maximum absolute atomic E-state index is 12.8. The molecule has 1 aliphatic rings. The van der Waals surface area contributed by atoms with E-state index in [0.29, 0.717) is 18.4 Å². The predicted molar refractivity (Wildman–Crippen MR) is 88.9 cm³/mol. The first kappa shape index (κ1) is 17.7. The van der Waals surface area contributed by atoms with Crippen molar-refractivity contribution in [1.29, 1.82) is 0 Å². The van der Waals surface area contributed by atoms with Crippen molar-refractivity contribution in [2.75, 3.05) is 27.2 Å². The van der Waals surface area contributed by atoms with E-state index in [4.69, 9.17) is 0 Å². The minimum absolute atomic E-state index is 0.111. The lowest BCUT2D eigenvalue weighted by molar-refractivity contribution is 0.0562. The monoisotopic (exact) mass is 318 g/mol. The van der Waals surface area contributed by atoms with Crippen molar-refractivity contribution in [2.24, 2.45) is 0 Å². The van der Waals surface area contributed by atoms with E-state index < -0.39 is 7.12 Å². The molecule has 0 spiro atoms. The van der Waals surface area contributed by atoms with Crippen molar-refractivity contribution in [3.05, 3.63) is 29.3 Å². The Labute approximate surface area is 136 Å². The van der Waals surface area contributed by atoms with Crippen LogP contribution in [0.1, 0.15) is 40.0 Å². The lowest BCUT2D eigenvalue weighted by atomic mass is 9.76. The average molecular weight is 318 g/mol. The van der Waals surface area contributed by atoms with Crippen molar-refractivity contribution in [3.8, 4) is 0 Å². The van der Waals surface area contributed by atoms with Gasteiger partial charge in [0, 0.05) is 30.3 Å². The summed E-state index contributed by atoms with van der Waals surface area (Å²) in [6.07, 6.45) is 3.69. The molecule has 1 fully saturated rings. The lowest BCUT2D eigenvalue weighted by Crippen LogP contribution is -2.47. The zero-order valence-corrected chi connectivity index (χ0v) is 13.6. The molecular weight excluding hydrogens is 295 g/mol. The van der Waals surface area contributed by atoms with Gasteiger partial charge in [0.1, 0.15) is 6.29 Å². The van der Waals surface area contributed by atoms with Gasteiger partial charge in [-0.25, -0.2) is 0 Å². The fraction of sp³-hybridized carbons (Fsp3) is 0.500. The SMILES string of the molecule is CN(C)CCN(C(=O)c1ccc(B(O)O)c(C=O)c1)C1CCC1. The number of carbonyl (C=O) groups excluding carboxylic acids is 2. The molecule has 0 unspecified atom stereocenters. The van der Waals surface area contributed by atoms with Gasteiger partial charge in [-0.3, -0.25) is 9.59 Å². The highest BCUT2D eigenvalue weighted by atomic mass is 16.4. The molecule has 0 saturated heterocycles. The van der Waals surface area contributed by atoms with Crippen LogP contribution in [0.3, 0.4) is 0 Å². The summed E-state index contributed by atoms with van der Waals surface area (Å²) in [4.78, 5) is 27.8. The molecule has 23 heavy (non-hydrogen) atoms. The quantitative estimate of drug-likeness (QED) is 0.535. The van der Waals surface area contributed by atoms with E-state index in [2.05, 4.69) is 0 Å². The zero-order chi connectivity index (χ0) is 17.0. The van der Waals surface area contributed by atoms with Crippen LogP contribution in [0.15, 0.2) is 18.2 Å². The zero-order valence-electron chi connectivity index (χ0n) is 13.6. The number of likely N-dealkylation sites (N-methyl/N-ethyl adjacent to an activating group) is 1. The molecule has 1 aromatic rings. The second-order valence-electron chi connectivity index (χ2n) is 6.22. The average Bonchev–Trinajstić information content (AvgIpc) is 2.47. The summed E-state index contributed by atoms with van der Waals surface area (Å²) in [6.45, 7) is 1.41. The Morgan fingerprint density at radius 3 is 2.48 bits per heavy atom. The smallest absolute Gasteiger partial charge is 0.423 e. The largest absolute Gasteiger partial charge is 0.489 e. The van der Waals surface area contributed by atoms with Crippen molar-refractivity contribution in [1.82, 2.24) is 9.80 Å². The Morgan fingerprint density at radius 2 is 2.00 bits per heavy atom. The summed E-state index contributed by atoms with van der Waals surface area (Å²) < 4.78 is 0. The van der Waals surface area contributed by atoms with E-state index in [1.807, 2.05) is 23.9 Å². The third-order valence-corrected chi connectivity index (χ3v) is 4.30. The Balaban J connectivity index is 2.23. The third kappa shape index (κ3) is 4.19. The van der Waals surface area contributed by atoms with E-state index >= 15 is 0 Å². The van der Waals surface area contributed by atoms with Crippen LogP contribution >= 0.6 is 0 Å². The van der Waals surface area contributed by atoms with Crippen LogP contribution in [0.2, 0.25) is 0 Å². The predicted octanol–water partition coefficient (Wildman–Crippen LogP) is -0.265. The molecular formula is C16H23BN2O4. The number of rotatable bonds is 7. The molecule has 0 bridgehead atoms. The van der Waals surface area contributed by atoms with E-state index in [0.717, 1.165) is 25.8 Å². The first-order chi connectivity index (χ1) is 10.9. The molecule has 7 heteroatoms. The Morgan fingerprint density at radius 1 is 1.30 bits per heavy atom. The van der Waals surface area contributed by atoms with Gasteiger partial charge in [0.05, 0.1) is 0 Å². The van der Waals surface area contributed by atoms with Crippen LogP contribution in [-0.4, -0.2) is 72.4 Å². The van der Waals surface area contributed by atoms with E-state index in [1.54, 1.807) is 6.07 Å². The number of aldehydes is 1. The molecule has 1 aromatic carbocycles. The topological polar surface area (TPSA) is 81.1 Å². The van der Waals surface area contributed by atoms with Gasteiger partial charge in [0.25, 0.3) is 5.91 Å². The number of nitrogens with zero attached hydrogens (tertiary/aromatic N) is 2. The molecule has 1 amide bonds. The number of hydrogen-bond donors (Lipinski definition) is 2. The van der Waals surface area contributed by atoms with Gasteiger partial charge in [-0.2, -0.15) is 0 Å². The summed E-state index contributed by atoms with van der Waals surface area (Å²) in [5.74, 6) is -0.112. The fourth-order valence-electron chi connectivity index (χ4n) is 2.67. The first-order valence-electron chi connectivity index (χ1n) is 7.85. The highest BCUT2D eigenvalue weighted by Crippen LogP contribution is 2.26. The van der Waals surface area contributed by atoms with Crippen molar-refractivity contribution in [3.63, 3.8) is 0 Å². The molecule has 124 valence electrons. The molecule has 2 N–H and O–H groups in total. The first-order valence-corrected chi connectivity index (χ1v) is 7.85. The fourth-order valence-corrected chi connectivity index (χ4v) is 2.67. The summed E-state index contributed by atoms with van der Waals surface area (Å²) in [5.41, 5.74) is 0.647. The molecule has 6 nitrogen and oxygen atoms in total. The van der Waals surface area contributed by atoms with E-state index in [-0.39, 0.29) is 23.0 Å². The third-order valence-electron chi connectivity index (χ3n) is 4.30. The molecule has 1 saturated carbocycles. The second kappa shape index (κ2) is 7.72. The van der Waals surface area contributed by atoms with Crippen LogP contribution in [-0.2, 0) is 0 Å². The molecule has 1 aliphatic carbocycles. The normalized spacial score (nSPS) is 14.5. The van der Waals surface area contributed by atoms with Gasteiger partial charge in [0.2, 0.25) is 0 Å². The van der Waals surface area contributed by atoms with Crippen LogP contribution < -0.4 is 5.46 Å². The Kier molecular flexibility index (Phi) is 5.93. The summed E-state index contributed by atoms with van der Waals surface area (Å²) in [7, 11) is 2.20. The molecule has 0 aliphatic heterocycles. The lowest BCUT2D eigenvalue weighted by Gasteiger charge is -2.38. The van der Waals surface area contributed by atoms with Crippen molar-refractivity contribution < 1.29 is 19.6 Å². The highest BCUT2D eigenvalue weighted by Gasteiger charge is 2.29. The summed E-state index contributed by atoms with van der Waals surface area (Å²) in [5, 5.41) is 18.5. The van der Waals surface area contributed by atoms with Gasteiger partial charge < -0.3 is 19.8 Å². The molecule has 0 aromatic heterocycles. The van der Waals surface area contributed by atoms with Gasteiger partial charge in [-0.1, -0.05) is 6.07 Å². The minimum Gasteiger partial charge on any atom is -0.423 e. The van der Waals surface area contributed by atoms with E-state index in [9.17, 15) is 19.6 Å². The maximum Gasteiger partial charge on any atom is 0.489 e. The Hall–Kier alpha value is -1.70. The number of amides is 1. The van der Waals surface area contributed by atoms with Crippen LogP contribution in [0.4, 0.5) is 0 Å². The highest BCUT2D eigenvalue weighted by molar-refractivity contribution is 6.60. The number of benzene rings is 1. The molecule has 0 atom stereocenters. The Bertz CT molecular complexity index is 573. The second-order valence-corrected chi connectivity index (χ2v) is 6.22. The molecule has 0 radical (unpaired) electrons. The molecule has 2 rings (SSSR count). The summed E-state index contributed by atoms with van der Waals surface area (Å²) >= 11 is 0. The van der Waals surface area contributed by atoms with Crippen molar-refractivity contribution in [2.45, 2.75) is 25.3 Å². The van der Waals surface area contributed by atoms with Crippen LogP contribution in [0, 0.1) is 0 Å². The van der Waals surface area contributed by atoms with Gasteiger partial charge in [0.15, 0.2) is 0 Å². The standard InChI is InChI=1S/C16H23BN2O4/c1-18(2)8-9-19(14-4-3-5-14)16(21)12-6-7-15(17(22)23)13(10-12)11-20/h6-7,10-11,14,22-23H,3-5,8-9H2,1-2H3. The number of carbonyl (C=O) groups is 2. The van der Waals surface area contributed by atoms with Gasteiger partial charge in [-0.05, 0) is 51.0 Å². The number of hydrogen-bond acceptors (Lipinski definition) is 5.